The van der Waals surface area contributed by atoms with Crippen molar-refractivity contribution in [1.82, 2.24) is 0 Å². The zero-order chi connectivity index (χ0) is 25.3. The highest BCUT2D eigenvalue weighted by Gasteiger charge is 2.31. The van der Waals surface area contributed by atoms with Gasteiger partial charge in [0.25, 0.3) is 0 Å². The standard InChI is InChI=1S/C26H24O9/c1-13(27)33-24-21(15-7-9-16(29-3)10-8-15)23(32-6)25-22(26(24)34-14(2)28)17-11-19(30-4)20(31-5)12-18(17)35-25/h7-12H,1-6H3. The van der Waals surface area contributed by atoms with Gasteiger partial charge in [-0.05, 0) is 23.8 Å². The number of methoxy groups -OCH3 is 4. The molecule has 35 heavy (non-hydrogen) atoms. The number of hydrogen-bond acceptors (Lipinski definition) is 9. The van der Waals surface area contributed by atoms with E-state index in [0.717, 1.165) is 0 Å². The van der Waals surface area contributed by atoms with Gasteiger partial charge in [0, 0.05) is 25.3 Å². The van der Waals surface area contributed by atoms with Crippen molar-refractivity contribution in [2.45, 2.75) is 13.8 Å². The summed E-state index contributed by atoms with van der Waals surface area (Å²) in [5.41, 5.74) is 1.69. The molecule has 3 aromatic carbocycles. The fourth-order valence-corrected chi connectivity index (χ4v) is 3.95. The van der Waals surface area contributed by atoms with Crippen LogP contribution in [-0.4, -0.2) is 40.4 Å². The van der Waals surface area contributed by atoms with Crippen LogP contribution in [0.1, 0.15) is 13.8 Å². The number of rotatable bonds is 7. The Labute approximate surface area is 201 Å². The van der Waals surface area contributed by atoms with Crippen molar-refractivity contribution >= 4 is 33.9 Å². The maximum absolute atomic E-state index is 12.2. The monoisotopic (exact) mass is 480 g/mol. The second-order valence-corrected chi connectivity index (χ2v) is 7.49. The smallest absolute Gasteiger partial charge is 0.308 e. The predicted octanol–water partition coefficient (Wildman–Crippen LogP) is 5.14. The van der Waals surface area contributed by atoms with Crippen LogP contribution in [0, 0.1) is 0 Å². The lowest BCUT2D eigenvalue weighted by atomic mass is 9.99. The second-order valence-electron chi connectivity index (χ2n) is 7.49. The number of hydrogen-bond donors (Lipinski definition) is 0. The molecule has 182 valence electrons. The Kier molecular flexibility index (Phi) is 6.42. The molecule has 0 aliphatic rings. The van der Waals surface area contributed by atoms with E-state index in [1.807, 2.05) is 0 Å². The Hall–Kier alpha value is -4.40. The highest BCUT2D eigenvalue weighted by atomic mass is 16.6. The quantitative estimate of drug-likeness (QED) is 0.263. The summed E-state index contributed by atoms with van der Waals surface area (Å²) in [4.78, 5) is 24.3. The van der Waals surface area contributed by atoms with Crippen molar-refractivity contribution in [3.8, 4) is 45.6 Å². The summed E-state index contributed by atoms with van der Waals surface area (Å²) < 4.78 is 39.3. The molecular formula is C26H24O9. The molecule has 0 bridgehead atoms. The van der Waals surface area contributed by atoms with Crippen molar-refractivity contribution in [2.24, 2.45) is 0 Å². The normalized spacial score (nSPS) is 10.8. The summed E-state index contributed by atoms with van der Waals surface area (Å²) in [6.07, 6.45) is 0. The van der Waals surface area contributed by atoms with Gasteiger partial charge in [-0.15, -0.1) is 0 Å². The first-order valence-electron chi connectivity index (χ1n) is 10.6. The molecule has 9 heteroatoms. The molecule has 0 radical (unpaired) electrons. The van der Waals surface area contributed by atoms with Gasteiger partial charge in [0.2, 0.25) is 0 Å². The largest absolute Gasteiger partial charge is 0.497 e. The van der Waals surface area contributed by atoms with Crippen LogP contribution in [0.15, 0.2) is 40.8 Å². The van der Waals surface area contributed by atoms with Crippen molar-refractivity contribution in [1.29, 1.82) is 0 Å². The molecular weight excluding hydrogens is 456 g/mol. The van der Waals surface area contributed by atoms with Gasteiger partial charge in [-0.3, -0.25) is 9.59 Å². The first kappa shape index (κ1) is 23.7. The molecule has 1 aromatic heterocycles. The van der Waals surface area contributed by atoms with Crippen molar-refractivity contribution < 1.29 is 42.4 Å². The summed E-state index contributed by atoms with van der Waals surface area (Å²) in [7, 11) is 6.05. The molecule has 0 saturated carbocycles. The van der Waals surface area contributed by atoms with E-state index >= 15 is 0 Å². The van der Waals surface area contributed by atoms with E-state index in [1.54, 1.807) is 43.5 Å². The van der Waals surface area contributed by atoms with Crippen LogP contribution in [-0.2, 0) is 9.59 Å². The minimum Gasteiger partial charge on any atom is -0.497 e. The molecule has 0 amide bonds. The fraction of sp³-hybridized carbons (Fsp3) is 0.231. The van der Waals surface area contributed by atoms with Gasteiger partial charge < -0.3 is 32.8 Å². The summed E-state index contributed by atoms with van der Waals surface area (Å²) >= 11 is 0. The number of ether oxygens (including phenoxy) is 6. The number of benzene rings is 3. The van der Waals surface area contributed by atoms with Gasteiger partial charge in [-0.1, -0.05) is 12.1 Å². The summed E-state index contributed by atoms with van der Waals surface area (Å²) in [6.45, 7) is 2.51. The lowest BCUT2D eigenvalue weighted by Crippen LogP contribution is -2.09. The van der Waals surface area contributed by atoms with E-state index in [9.17, 15) is 9.59 Å². The van der Waals surface area contributed by atoms with Crippen LogP contribution >= 0.6 is 0 Å². The molecule has 0 N–H and O–H groups in total. The van der Waals surface area contributed by atoms with Gasteiger partial charge in [-0.2, -0.15) is 0 Å². The van der Waals surface area contributed by atoms with Crippen molar-refractivity contribution in [3.05, 3.63) is 36.4 Å². The Morgan fingerprint density at radius 2 is 1.31 bits per heavy atom. The van der Waals surface area contributed by atoms with E-state index < -0.39 is 11.9 Å². The first-order chi connectivity index (χ1) is 16.8. The first-order valence-corrected chi connectivity index (χ1v) is 10.6. The second kappa shape index (κ2) is 9.46. The predicted molar refractivity (Wildman–Crippen MR) is 128 cm³/mol. The lowest BCUT2D eigenvalue weighted by molar-refractivity contribution is -0.134. The molecule has 0 aliphatic heterocycles. The summed E-state index contributed by atoms with van der Waals surface area (Å²) in [5.74, 6) is 0.603. The summed E-state index contributed by atoms with van der Waals surface area (Å²) in [5, 5.41) is 0.920. The molecule has 1 heterocycles. The third kappa shape index (κ3) is 4.16. The zero-order valence-corrected chi connectivity index (χ0v) is 20.1. The van der Waals surface area contributed by atoms with Gasteiger partial charge in [-0.25, -0.2) is 0 Å². The summed E-state index contributed by atoms with van der Waals surface area (Å²) in [6, 6.07) is 10.4. The molecule has 0 spiro atoms. The Morgan fingerprint density at radius 1 is 0.714 bits per heavy atom. The highest BCUT2D eigenvalue weighted by Crippen LogP contribution is 2.54. The third-order valence-corrected chi connectivity index (χ3v) is 5.36. The lowest BCUT2D eigenvalue weighted by Gasteiger charge is -2.18. The van der Waals surface area contributed by atoms with Crippen LogP contribution in [0.5, 0.6) is 34.5 Å². The number of carbonyl (C=O) groups excluding carboxylic acids is 2. The van der Waals surface area contributed by atoms with E-state index in [0.29, 0.717) is 44.7 Å². The molecule has 0 unspecified atom stereocenters. The maximum Gasteiger partial charge on any atom is 0.308 e. The Morgan fingerprint density at radius 3 is 1.86 bits per heavy atom. The molecule has 4 rings (SSSR count). The van der Waals surface area contributed by atoms with Gasteiger partial charge in [0.15, 0.2) is 34.3 Å². The van der Waals surface area contributed by atoms with Crippen LogP contribution in [0.25, 0.3) is 33.1 Å². The fourth-order valence-electron chi connectivity index (χ4n) is 3.95. The highest BCUT2D eigenvalue weighted by molar-refractivity contribution is 6.15. The van der Waals surface area contributed by atoms with Gasteiger partial charge >= 0.3 is 11.9 Å². The average Bonchev–Trinajstić information content (AvgIpc) is 3.21. The number of fused-ring (bicyclic) bond motifs is 3. The van der Waals surface area contributed by atoms with E-state index in [4.69, 9.17) is 32.8 Å². The van der Waals surface area contributed by atoms with Crippen LogP contribution in [0.3, 0.4) is 0 Å². The molecule has 0 atom stereocenters. The van der Waals surface area contributed by atoms with E-state index in [2.05, 4.69) is 0 Å². The topological polar surface area (TPSA) is 103 Å². The van der Waals surface area contributed by atoms with E-state index in [1.165, 1.54) is 35.2 Å². The van der Waals surface area contributed by atoms with E-state index in [-0.39, 0.29) is 22.8 Å². The molecule has 4 aromatic rings. The molecule has 0 aliphatic carbocycles. The molecule has 9 nitrogen and oxygen atoms in total. The van der Waals surface area contributed by atoms with Crippen LogP contribution in [0.4, 0.5) is 0 Å². The maximum atomic E-state index is 12.2. The Bertz CT molecular complexity index is 1430. The van der Waals surface area contributed by atoms with Gasteiger partial charge in [0.1, 0.15) is 11.3 Å². The number of furan rings is 1. The minimum atomic E-state index is -0.611. The van der Waals surface area contributed by atoms with Crippen molar-refractivity contribution in [2.75, 3.05) is 28.4 Å². The average molecular weight is 480 g/mol. The zero-order valence-electron chi connectivity index (χ0n) is 20.1. The van der Waals surface area contributed by atoms with Crippen LogP contribution < -0.4 is 28.4 Å². The van der Waals surface area contributed by atoms with Gasteiger partial charge in [0.05, 0.1) is 39.4 Å². The van der Waals surface area contributed by atoms with Crippen molar-refractivity contribution in [3.63, 3.8) is 0 Å². The van der Waals surface area contributed by atoms with Crippen LogP contribution in [0.2, 0.25) is 0 Å². The number of esters is 2. The SMILES string of the molecule is COc1ccc(-c2c(OC(C)=O)c(OC(C)=O)c3c(oc4cc(OC)c(OC)cc43)c2OC)cc1. The minimum absolute atomic E-state index is 0.0136. The Balaban J connectivity index is 2.21. The number of carbonyl (C=O) groups is 2. The third-order valence-electron chi connectivity index (χ3n) is 5.36. The molecule has 0 fully saturated rings. The molecule has 0 saturated heterocycles.